The molecule has 0 atom stereocenters. The van der Waals surface area contributed by atoms with Crippen molar-refractivity contribution in [1.82, 2.24) is 0 Å². The molecule has 0 unspecified atom stereocenters. The Kier molecular flexibility index (Phi) is 3.40. The van der Waals surface area contributed by atoms with Crippen molar-refractivity contribution >= 4 is 28.4 Å². The van der Waals surface area contributed by atoms with Gasteiger partial charge in [-0.3, -0.25) is 0 Å². The molecule has 0 bridgehead atoms. The first-order chi connectivity index (χ1) is 7.40. The smallest absolute Gasteiger partial charge is 0.0514 e. The fraction of sp³-hybridized carbons (Fsp3) is 0.200. The molecule has 0 aromatic carbocycles. The van der Waals surface area contributed by atoms with E-state index in [1.165, 1.54) is 9.75 Å². The highest BCUT2D eigenvalue weighted by Gasteiger charge is 2.03. The molecule has 0 radical (unpaired) electrons. The van der Waals surface area contributed by atoms with Gasteiger partial charge < -0.3 is 0 Å². The van der Waals surface area contributed by atoms with Crippen molar-refractivity contribution in [2.75, 3.05) is 0 Å². The number of rotatable bonds is 4. The Balaban J connectivity index is 2.04. The Bertz CT molecular complexity index is 467. The number of thiophene rings is 2. The summed E-state index contributed by atoms with van der Waals surface area (Å²) in [7, 11) is 0. The van der Waals surface area contributed by atoms with Gasteiger partial charge in [0.25, 0.3) is 0 Å². The molecule has 0 saturated carbocycles. The van der Waals surface area contributed by atoms with Gasteiger partial charge in [0.1, 0.15) is 0 Å². The van der Waals surface area contributed by atoms with Gasteiger partial charge in [-0.15, -0.1) is 22.7 Å². The molecular weight excluding hydrogens is 226 g/mol. The van der Waals surface area contributed by atoms with Crippen molar-refractivity contribution < 1.29 is 0 Å². The minimum absolute atomic E-state index is 0.777. The van der Waals surface area contributed by atoms with Gasteiger partial charge in [0.2, 0.25) is 0 Å². The van der Waals surface area contributed by atoms with Gasteiger partial charge in [0, 0.05) is 14.7 Å². The zero-order valence-corrected chi connectivity index (χ0v) is 9.59. The van der Waals surface area contributed by atoms with Gasteiger partial charge in [0.05, 0.1) is 5.69 Å². The van der Waals surface area contributed by atoms with E-state index in [-0.39, 0.29) is 0 Å². The van der Waals surface area contributed by atoms with Crippen LogP contribution in [-0.2, 0) is 12.8 Å². The molecule has 0 aliphatic rings. The van der Waals surface area contributed by atoms with Crippen LogP contribution >= 0.6 is 22.7 Å². The molecular formula is C10H9N3S2. The molecule has 5 heteroatoms. The van der Waals surface area contributed by atoms with Crippen molar-refractivity contribution in [2.24, 2.45) is 5.11 Å². The minimum Gasteiger partial charge on any atom is -0.149 e. The van der Waals surface area contributed by atoms with E-state index in [0.717, 1.165) is 18.5 Å². The lowest BCUT2D eigenvalue weighted by Crippen LogP contribution is -1.84. The Hall–Kier alpha value is -1.29. The Morgan fingerprint density at radius 1 is 1.20 bits per heavy atom. The molecule has 2 heterocycles. The summed E-state index contributed by atoms with van der Waals surface area (Å²) in [5.74, 6) is 0. The predicted octanol–water partition coefficient (Wildman–Crippen LogP) is 4.54. The van der Waals surface area contributed by atoms with Crippen molar-refractivity contribution in [2.45, 2.75) is 12.8 Å². The SMILES string of the molecule is [N-]=[N+]=Nc1ccsc1CCc1cccs1. The van der Waals surface area contributed by atoms with Crippen molar-refractivity contribution in [3.05, 3.63) is 49.2 Å². The molecule has 0 saturated heterocycles. The summed E-state index contributed by atoms with van der Waals surface area (Å²) >= 11 is 3.42. The zero-order chi connectivity index (χ0) is 10.5. The van der Waals surface area contributed by atoms with Crippen molar-refractivity contribution in [3.63, 3.8) is 0 Å². The molecule has 0 spiro atoms. The van der Waals surface area contributed by atoms with Gasteiger partial charge in [-0.1, -0.05) is 11.2 Å². The van der Waals surface area contributed by atoms with E-state index >= 15 is 0 Å². The minimum atomic E-state index is 0.777. The number of aryl methyl sites for hydroxylation is 2. The molecule has 15 heavy (non-hydrogen) atoms. The van der Waals surface area contributed by atoms with E-state index in [1.54, 1.807) is 22.7 Å². The van der Waals surface area contributed by atoms with Crippen LogP contribution in [0.5, 0.6) is 0 Å². The van der Waals surface area contributed by atoms with Crippen LogP contribution in [0.2, 0.25) is 0 Å². The zero-order valence-electron chi connectivity index (χ0n) is 7.96. The number of hydrogen-bond donors (Lipinski definition) is 0. The Labute approximate surface area is 95.6 Å². The first-order valence-electron chi connectivity index (χ1n) is 4.54. The first kappa shape index (κ1) is 10.2. The summed E-state index contributed by atoms with van der Waals surface area (Å²) in [6.07, 6.45) is 1.97. The van der Waals surface area contributed by atoms with E-state index in [0.29, 0.717) is 0 Å². The summed E-state index contributed by atoms with van der Waals surface area (Å²) in [4.78, 5) is 5.36. The third kappa shape index (κ3) is 2.59. The van der Waals surface area contributed by atoms with Crippen LogP contribution in [-0.4, -0.2) is 0 Å². The molecule has 76 valence electrons. The third-order valence-electron chi connectivity index (χ3n) is 2.05. The van der Waals surface area contributed by atoms with Gasteiger partial charge in [-0.2, -0.15) is 0 Å². The van der Waals surface area contributed by atoms with Crippen LogP contribution in [0.3, 0.4) is 0 Å². The molecule has 0 aliphatic carbocycles. The van der Waals surface area contributed by atoms with Crippen LogP contribution in [0.25, 0.3) is 10.4 Å². The fourth-order valence-electron chi connectivity index (χ4n) is 1.35. The van der Waals surface area contributed by atoms with Gasteiger partial charge in [0.15, 0.2) is 0 Å². The Morgan fingerprint density at radius 2 is 2.13 bits per heavy atom. The van der Waals surface area contributed by atoms with Crippen molar-refractivity contribution in [3.8, 4) is 0 Å². The van der Waals surface area contributed by atoms with E-state index in [2.05, 4.69) is 27.5 Å². The highest BCUT2D eigenvalue weighted by atomic mass is 32.1. The van der Waals surface area contributed by atoms with Gasteiger partial charge in [-0.25, -0.2) is 0 Å². The summed E-state index contributed by atoms with van der Waals surface area (Å²) in [5.41, 5.74) is 9.16. The highest BCUT2D eigenvalue weighted by Crippen LogP contribution is 2.27. The fourth-order valence-corrected chi connectivity index (χ4v) is 2.87. The lowest BCUT2D eigenvalue weighted by atomic mass is 10.2. The second-order valence-corrected chi connectivity index (χ2v) is 5.03. The summed E-state index contributed by atoms with van der Waals surface area (Å²) in [5, 5.41) is 7.71. The van der Waals surface area contributed by atoms with Gasteiger partial charge in [-0.05, 0) is 41.3 Å². The third-order valence-corrected chi connectivity index (χ3v) is 3.96. The van der Waals surface area contributed by atoms with E-state index in [4.69, 9.17) is 5.53 Å². The normalized spacial score (nSPS) is 9.87. The van der Waals surface area contributed by atoms with Crippen LogP contribution in [0.4, 0.5) is 5.69 Å². The van der Waals surface area contributed by atoms with E-state index in [9.17, 15) is 0 Å². The average molecular weight is 235 g/mol. The summed E-state index contributed by atoms with van der Waals surface area (Å²) in [6, 6.07) is 6.06. The maximum atomic E-state index is 8.38. The van der Waals surface area contributed by atoms with Crippen LogP contribution < -0.4 is 0 Å². The van der Waals surface area contributed by atoms with E-state index in [1.807, 2.05) is 11.4 Å². The lowest BCUT2D eigenvalue weighted by Gasteiger charge is -1.96. The molecule has 2 aromatic rings. The molecule has 0 aliphatic heterocycles. The number of hydrogen-bond acceptors (Lipinski definition) is 3. The molecule has 2 rings (SSSR count). The number of azide groups is 1. The molecule has 3 nitrogen and oxygen atoms in total. The monoisotopic (exact) mass is 235 g/mol. The van der Waals surface area contributed by atoms with E-state index < -0.39 is 0 Å². The summed E-state index contributed by atoms with van der Waals surface area (Å²) in [6.45, 7) is 0. The quantitative estimate of drug-likeness (QED) is 0.424. The average Bonchev–Trinajstić information content (AvgIpc) is 2.85. The maximum absolute atomic E-state index is 8.38. The molecule has 2 aromatic heterocycles. The second kappa shape index (κ2) is 4.98. The van der Waals surface area contributed by atoms with Crippen LogP contribution in [0.1, 0.15) is 9.75 Å². The number of nitrogens with zero attached hydrogens (tertiary/aromatic N) is 3. The Morgan fingerprint density at radius 3 is 2.87 bits per heavy atom. The molecule has 0 fully saturated rings. The standard InChI is InChI=1S/C10H9N3S2/c11-13-12-9-5-7-15-10(9)4-3-8-2-1-6-14-8/h1-2,5-7H,3-4H2. The van der Waals surface area contributed by atoms with Crippen LogP contribution in [0.15, 0.2) is 34.1 Å². The van der Waals surface area contributed by atoms with Crippen LogP contribution in [0, 0.1) is 0 Å². The first-order valence-corrected chi connectivity index (χ1v) is 6.30. The summed E-state index contributed by atoms with van der Waals surface area (Å²) < 4.78 is 0. The highest BCUT2D eigenvalue weighted by molar-refractivity contribution is 7.10. The lowest BCUT2D eigenvalue weighted by molar-refractivity contribution is 1.00. The van der Waals surface area contributed by atoms with Gasteiger partial charge >= 0.3 is 0 Å². The second-order valence-electron chi connectivity index (χ2n) is 3.00. The largest absolute Gasteiger partial charge is 0.149 e. The van der Waals surface area contributed by atoms with Crippen molar-refractivity contribution in [1.29, 1.82) is 0 Å². The predicted molar refractivity (Wildman–Crippen MR) is 64.9 cm³/mol. The maximum Gasteiger partial charge on any atom is 0.0514 e. The molecule has 0 amide bonds. The topological polar surface area (TPSA) is 48.8 Å². The molecule has 0 N–H and O–H groups in total.